The van der Waals surface area contributed by atoms with Gasteiger partial charge >= 0.3 is 5.69 Å². The van der Waals surface area contributed by atoms with Crippen LogP contribution in [0.2, 0.25) is 0 Å². The molecule has 0 saturated heterocycles. The lowest BCUT2D eigenvalue weighted by Gasteiger charge is -2.07. The quantitative estimate of drug-likeness (QED) is 0.714. The third-order valence-electron chi connectivity index (χ3n) is 3.62. The van der Waals surface area contributed by atoms with Gasteiger partial charge in [0, 0.05) is 17.8 Å². The van der Waals surface area contributed by atoms with Gasteiger partial charge in [-0.3, -0.25) is 9.55 Å². The van der Waals surface area contributed by atoms with Gasteiger partial charge in [0.25, 0.3) is 0 Å². The minimum absolute atomic E-state index is 0.106. The van der Waals surface area contributed by atoms with Crippen LogP contribution in [0.3, 0.4) is 0 Å². The second kappa shape index (κ2) is 5.69. The zero-order valence-electron chi connectivity index (χ0n) is 13.2. The molecule has 3 heterocycles. The number of thiol groups is 1. The van der Waals surface area contributed by atoms with E-state index >= 15 is 0 Å². The van der Waals surface area contributed by atoms with Gasteiger partial charge in [0.1, 0.15) is 11.3 Å². The number of hydrogen-bond donors (Lipinski definition) is 2. The number of nitrogens with two attached hydrogens (primary N) is 1. The van der Waals surface area contributed by atoms with Crippen molar-refractivity contribution in [1.82, 2.24) is 23.5 Å². The second-order valence-electron chi connectivity index (χ2n) is 5.78. The van der Waals surface area contributed by atoms with Crippen LogP contribution in [-0.2, 0) is 6.54 Å². The molecule has 120 valence electrons. The summed E-state index contributed by atoms with van der Waals surface area (Å²) in [5.74, 6) is 0.964. The van der Waals surface area contributed by atoms with Gasteiger partial charge in [-0.15, -0.1) is 0 Å². The van der Waals surface area contributed by atoms with E-state index in [2.05, 4.69) is 27.8 Å². The zero-order valence-corrected chi connectivity index (χ0v) is 14.1. The van der Waals surface area contributed by atoms with E-state index in [1.807, 2.05) is 32.9 Å². The van der Waals surface area contributed by atoms with Crippen LogP contribution in [0.4, 0.5) is 5.82 Å². The number of aryl methyl sites for hydroxylation is 1. The number of anilines is 1. The summed E-state index contributed by atoms with van der Waals surface area (Å²) >= 11 is 4.23. The third-order valence-corrected chi connectivity index (χ3v) is 3.99. The summed E-state index contributed by atoms with van der Waals surface area (Å²) < 4.78 is 2.73. The van der Waals surface area contributed by atoms with Crippen molar-refractivity contribution in [2.24, 2.45) is 0 Å². The maximum Gasteiger partial charge on any atom is 0.340 e. The molecule has 2 N–H and O–H groups in total. The summed E-state index contributed by atoms with van der Waals surface area (Å²) in [5, 5.41) is 0. The van der Waals surface area contributed by atoms with E-state index in [1.165, 1.54) is 3.97 Å². The summed E-state index contributed by atoms with van der Waals surface area (Å²) in [5.41, 5.74) is 8.45. The molecule has 0 atom stereocenters. The van der Waals surface area contributed by atoms with Crippen molar-refractivity contribution in [3.05, 3.63) is 45.9 Å². The maximum atomic E-state index is 12.5. The van der Waals surface area contributed by atoms with Gasteiger partial charge < -0.3 is 5.73 Å². The first-order valence-corrected chi connectivity index (χ1v) is 7.68. The molecule has 0 aliphatic heterocycles. The van der Waals surface area contributed by atoms with Crippen LogP contribution in [0.25, 0.3) is 11.2 Å². The molecular weight excluding hydrogens is 312 g/mol. The molecule has 0 bridgehead atoms. The van der Waals surface area contributed by atoms with E-state index in [4.69, 9.17) is 5.73 Å². The van der Waals surface area contributed by atoms with Crippen molar-refractivity contribution < 1.29 is 0 Å². The molecule has 0 amide bonds. The first-order valence-electron chi connectivity index (χ1n) is 7.28. The van der Waals surface area contributed by atoms with Crippen LogP contribution < -0.4 is 11.4 Å². The van der Waals surface area contributed by atoms with Crippen molar-refractivity contribution in [2.75, 3.05) is 5.73 Å². The molecule has 3 aromatic rings. The number of pyridine rings is 1. The van der Waals surface area contributed by atoms with Crippen LogP contribution in [0, 0.1) is 6.92 Å². The minimum atomic E-state index is -0.300. The zero-order chi connectivity index (χ0) is 16.7. The Labute approximate surface area is 138 Å². The van der Waals surface area contributed by atoms with Gasteiger partial charge in [0.2, 0.25) is 0 Å². The number of imidazole rings is 1. The first kappa shape index (κ1) is 15.5. The van der Waals surface area contributed by atoms with E-state index < -0.39 is 0 Å². The SMILES string of the molecule is Cc1ccc(Cn2c(=O)n(S)c3c(N)nc(C(C)C)nc32)cn1. The Morgan fingerprint density at radius 1 is 1.30 bits per heavy atom. The molecule has 0 saturated carbocycles. The summed E-state index contributed by atoms with van der Waals surface area (Å²) in [7, 11) is 0. The summed E-state index contributed by atoms with van der Waals surface area (Å²) in [6, 6.07) is 3.84. The minimum Gasteiger partial charge on any atom is -0.382 e. The Bertz CT molecular complexity index is 926. The number of fused-ring (bicyclic) bond motifs is 1. The fraction of sp³-hybridized carbons (Fsp3) is 0.333. The average Bonchev–Trinajstić information content (AvgIpc) is 2.74. The Morgan fingerprint density at radius 2 is 2.04 bits per heavy atom. The Balaban J connectivity index is 2.21. The van der Waals surface area contributed by atoms with Crippen LogP contribution in [0.15, 0.2) is 23.1 Å². The molecule has 23 heavy (non-hydrogen) atoms. The predicted molar refractivity (Wildman–Crippen MR) is 92.7 cm³/mol. The smallest absolute Gasteiger partial charge is 0.340 e. The fourth-order valence-electron chi connectivity index (χ4n) is 2.34. The monoisotopic (exact) mass is 330 g/mol. The molecule has 0 aliphatic carbocycles. The fourth-order valence-corrected chi connectivity index (χ4v) is 2.64. The van der Waals surface area contributed by atoms with Crippen LogP contribution in [0.1, 0.15) is 36.8 Å². The molecule has 3 rings (SSSR count). The van der Waals surface area contributed by atoms with E-state index in [0.717, 1.165) is 11.3 Å². The highest BCUT2D eigenvalue weighted by Crippen LogP contribution is 2.21. The largest absolute Gasteiger partial charge is 0.382 e. The standard InChI is InChI=1S/C15H18N6OS/c1-8(2)13-18-12(16)11-14(19-13)20(15(22)21(11)23)7-10-5-4-9(3)17-6-10/h4-6,8,23H,7H2,1-3H3,(H2,16,18,19). The normalized spacial score (nSPS) is 11.5. The molecule has 0 aliphatic rings. The molecule has 3 aromatic heterocycles. The summed E-state index contributed by atoms with van der Waals surface area (Å²) in [6.07, 6.45) is 1.75. The second-order valence-corrected chi connectivity index (χ2v) is 6.18. The number of nitrogen functional groups attached to an aromatic ring is 1. The van der Waals surface area contributed by atoms with E-state index in [-0.39, 0.29) is 17.4 Å². The third kappa shape index (κ3) is 2.70. The first-order chi connectivity index (χ1) is 10.9. The van der Waals surface area contributed by atoms with Crippen molar-refractivity contribution in [3.8, 4) is 0 Å². The number of hydrogen-bond acceptors (Lipinski definition) is 6. The van der Waals surface area contributed by atoms with E-state index in [0.29, 0.717) is 23.5 Å². The molecule has 0 unspecified atom stereocenters. The van der Waals surface area contributed by atoms with E-state index in [9.17, 15) is 4.79 Å². The van der Waals surface area contributed by atoms with Crippen molar-refractivity contribution >= 4 is 29.8 Å². The van der Waals surface area contributed by atoms with Gasteiger partial charge in [-0.2, -0.15) is 0 Å². The topological polar surface area (TPSA) is 91.6 Å². The summed E-state index contributed by atoms with van der Waals surface area (Å²) in [4.78, 5) is 25.5. The number of aromatic nitrogens is 5. The number of nitrogens with zero attached hydrogens (tertiary/aromatic N) is 5. The summed E-state index contributed by atoms with van der Waals surface area (Å²) in [6.45, 7) is 6.22. The van der Waals surface area contributed by atoms with Crippen LogP contribution in [0.5, 0.6) is 0 Å². The average molecular weight is 330 g/mol. The lowest BCUT2D eigenvalue weighted by atomic mass is 10.2. The number of rotatable bonds is 3. The highest BCUT2D eigenvalue weighted by atomic mass is 32.1. The highest BCUT2D eigenvalue weighted by Gasteiger charge is 2.19. The predicted octanol–water partition coefficient (Wildman–Crippen LogP) is 1.74. The van der Waals surface area contributed by atoms with E-state index in [1.54, 1.807) is 10.8 Å². The van der Waals surface area contributed by atoms with Crippen molar-refractivity contribution in [2.45, 2.75) is 33.2 Å². The molecule has 7 nitrogen and oxygen atoms in total. The molecule has 0 spiro atoms. The Kier molecular flexibility index (Phi) is 3.85. The lowest BCUT2D eigenvalue weighted by Crippen LogP contribution is -2.21. The van der Waals surface area contributed by atoms with Crippen LogP contribution in [-0.4, -0.2) is 23.5 Å². The van der Waals surface area contributed by atoms with Crippen molar-refractivity contribution in [1.29, 1.82) is 0 Å². The maximum absolute atomic E-state index is 12.5. The van der Waals surface area contributed by atoms with Gasteiger partial charge in [-0.1, -0.05) is 32.7 Å². The highest BCUT2D eigenvalue weighted by molar-refractivity contribution is 7.78. The van der Waals surface area contributed by atoms with Crippen LogP contribution >= 0.6 is 12.8 Å². The lowest BCUT2D eigenvalue weighted by molar-refractivity contribution is 0.747. The Hall–Kier alpha value is -2.35. The molecule has 0 aromatic carbocycles. The molecular formula is C15H18N6OS. The molecule has 0 radical (unpaired) electrons. The van der Waals surface area contributed by atoms with Gasteiger partial charge in [-0.25, -0.2) is 18.7 Å². The van der Waals surface area contributed by atoms with Gasteiger partial charge in [0.05, 0.1) is 6.54 Å². The van der Waals surface area contributed by atoms with Gasteiger partial charge in [-0.05, 0) is 18.6 Å². The Morgan fingerprint density at radius 3 is 2.65 bits per heavy atom. The van der Waals surface area contributed by atoms with Gasteiger partial charge in [0.15, 0.2) is 11.5 Å². The van der Waals surface area contributed by atoms with Crippen molar-refractivity contribution in [3.63, 3.8) is 0 Å². The molecule has 0 fully saturated rings. The molecule has 8 heteroatoms.